The van der Waals surface area contributed by atoms with E-state index < -0.39 is 0 Å². The summed E-state index contributed by atoms with van der Waals surface area (Å²) in [6, 6.07) is 10.3. The molecule has 1 heterocycles. The summed E-state index contributed by atoms with van der Waals surface area (Å²) >= 11 is 5.18. The second-order valence-electron chi connectivity index (χ2n) is 3.90. The molecule has 96 valence electrons. The normalized spacial score (nSPS) is 12.6. The number of nitrogens with one attached hydrogen (secondary N) is 1. The lowest BCUT2D eigenvalue weighted by Gasteiger charge is -2.12. The number of halogens is 1. The van der Waals surface area contributed by atoms with E-state index in [0.717, 1.165) is 15.9 Å². The van der Waals surface area contributed by atoms with Crippen molar-refractivity contribution >= 4 is 27.7 Å². The molecule has 1 unspecified atom stereocenters. The number of hydrogen-bond acceptors (Lipinski definition) is 4. The first-order chi connectivity index (χ1) is 8.69. The highest BCUT2D eigenvalue weighted by molar-refractivity contribution is 9.10. The predicted octanol–water partition coefficient (Wildman–Crippen LogP) is 2.48. The van der Waals surface area contributed by atoms with Crippen LogP contribution < -0.4 is 11.3 Å². The molecule has 3 N–H and O–H groups in total. The lowest BCUT2D eigenvalue weighted by atomic mass is 10.2. The number of aryl methyl sites for hydroxylation is 1. The number of rotatable bonds is 5. The average Bonchev–Trinajstić information content (AvgIpc) is 2.79. The van der Waals surface area contributed by atoms with Crippen molar-refractivity contribution in [3.63, 3.8) is 0 Å². The van der Waals surface area contributed by atoms with Crippen LogP contribution in [-0.2, 0) is 7.05 Å². The monoisotopic (exact) mass is 326 g/mol. The van der Waals surface area contributed by atoms with Crippen molar-refractivity contribution in [1.29, 1.82) is 0 Å². The lowest BCUT2D eigenvalue weighted by Crippen LogP contribution is -2.30. The van der Waals surface area contributed by atoms with Gasteiger partial charge in [-0.3, -0.25) is 16.0 Å². The molecule has 0 aliphatic carbocycles. The van der Waals surface area contributed by atoms with Crippen molar-refractivity contribution in [3.05, 3.63) is 46.7 Å². The van der Waals surface area contributed by atoms with Crippen LogP contribution in [0.2, 0.25) is 0 Å². The Bertz CT molecular complexity index is 497. The topological polar surface area (TPSA) is 55.9 Å². The van der Waals surface area contributed by atoms with E-state index in [1.807, 2.05) is 31.4 Å². The molecule has 18 heavy (non-hydrogen) atoms. The minimum absolute atomic E-state index is 0.0554. The van der Waals surface area contributed by atoms with Crippen molar-refractivity contribution in [2.24, 2.45) is 12.9 Å². The SMILES string of the molecule is Cn1ccc(C(CSc2ccc(Br)cc2)NN)n1. The van der Waals surface area contributed by atoms with E-state index in [9.17, 15) is 0 Å². The van der Waals surface area contributed by atoms with Crippen LogP contribution in [-0.4, -0.2) is 15.5 Å². The smallest absolute Gasteiger partial charge is 0.0815 e. The third-order valence-electron chi connectivity index (χ3n) is 2.52. The van der Waals surface area contributed by atoms with Crippen LogP contribution in [0.3, 0.4) is 0 Å². The summed E-state index contributed by atoms with van der Waals surface area (Å²) in [4.78, 5) is 1.22. The Labute approximate surface area is 119 Å². The van der Waals surface area contributed by atoms with E-state index in [4.69, 9.17) is 5.84 Å². The zero-order valence-corrected chi connectivity index (χ0v) is 12.4. The third-order valence-corrected chi connectivity index (χ3v) is 4.16. The van der Waals surface area contributed by atoms with E-state index >= 15 is 0 Å². The number of hydrazine groups is 1. The maximum absolute atomic E-state index is 5.58. The van der Waals surface area contributed by atoms with Crippen molar-refractivity contribution in [1.82, 2.24) is 15.2 Å². The Morgan fingerprint density at radius 2 is 2.11 bits per heavy atom. The molecule has 6 heteroatoms. The lowest BCUT2D eigenvalue weighted by molar-refractivity contribution is 0.581. The molecule has 0 bridgehead atoms. The van der Waals surface area contributed by atoms with Crippen LogP contribution in [0.25, 0.3) is 0 Å². The minimum Gasteiger partial charge on any atom is -0.275 e. The highest BCUT2D eigenvalue weighted by atomic mass is 79.9. The summed E-state index contributed by atoms with van der Waals surface area (Å²) < 4.78 is 2.87. The summed E-state index contributed by atoms with van der Waals surface area (Å²) in [5.41, 5.74) is 3.77. The van der Waals surface area contributed by atoms with Crippen LogP contribution in [0.4, 0.5) is 0 Å². The molecular weight excluding hydrogens is 312 g/mol. The maximum atomic E-state index is 5.58. The van der Waals surface area contributed by atoms with Gasteiger partial charge in [-0.15, -0.1) is 11.8 Å². The summed E-state index contributed by atoms with van der Waals surface area (Å²) in [6.45, 7) is 0. The van der Waals surface area contributed by atoms with Gasteiger partial charge in [-0.2, -0.15) is 5.10 Å². The van der Waals surface area contributed by atoms with Gasteiger partial charge in [-0.25, -0.2) is 0 Å². The molecule has 0 aliphatic heterocycles. The fourth-order valence-electron chi connectivity index (χ4n) is 1.55. The van der Waals surface area contributed by atoms with Crippen LogP contribution >= 0.6 is 27.7 Å². The number of benzene rings is 1. The maximum Gasteiger partial charge on any atom is 0.0815 e. The van der Waals surface area contributed by atoms with E-state index in [0.29, 0.717) is 0 Å². The number of hydrogen-bond donors (Lipinski definition) is 2. The van der Waals surface area contributed by atoms with Crippen molar-refractivity contribution in [2.45, 2.75) is 10.9 Å². The van der Waals surface area contributed by atoms with Crippen molar-refractivity contribution < 1.29 is 0 Å². The van der Waals surface area contributed by atoms with Crippen LogP contribution in [0, 0.1) is 0 Å². The Hall–Kier alpha value is -0.820. The summed E-state index contributed by atoms with van der Waals surface area (Å²) in [5.74, 6) is 6.42. The predicted molar refractivity (Wildman–Crippen MR) is 78.1 cm³/mol. The first-order valence-corrected chi connectivity index (χ1v) is 7.31. The zero-order chi connectivity index (χ0) is 13.0. The standard InChI is InChI=1S/C12H15BrN4S/c1-17-7-6-11(16-17)12(15-14)8-18-10-4-2-9(13)3-5-10/h2-7,12,15H,8,14H2,1H3. The number of aromatic nitrogens is 2. The van der Waals surface area contributed by atoms with Crippen LogP contribution in [0.15, 0.2) is 45.9 Å². The molecule has 2 aromatic rings. The Balaban J connectivity index is 1.97. The van der Waals surface area contributed by atoms with E-state index in [1.165, 1.54) is 4.90 Å². The highest BCUT2D eigenvalue weighted by Crippen LogP contribution is 2.24. The summed E-state index contributed by atoms with van der Waals surface area (Å²) in [6.07, 6.45) is 1.92. The Kier molecular flexibility index (Phi) is 4.82. The first kappa shape index (κ1) is 13.6. The fraction of sp³-hybridized carbons (Fsp3) is 0.250. The minimum atomic E-state index is 0.0554. The largest absolute Gasteiger partial charge is 0.275 e. The molecular formula is C12H15BrN4S. The molecule has 0 fully saturated rings. The zero-order valence-electron chi connectivity index (χ0n) is 10.0. The van der Waals surface area contributed by atoms with Gasteiger partial charge < -0.3 is 0 Å². The van der Waals surface area contributed by atoms with Crippen LogP contribution in [0.5, 0.6) is 0 Å². The average molecular weight is 327 g/mol. The van der Waals surface area contributed by atoms with Gasteiger partial charge in [0.25, 0.3) is 0 Å². The van der Waals surface area contributed by atoms with Gasteiger partial charge >= 0.3 is 0 Å². The quantitative estimate of drug-likeness (QED) is 0.503. The second-order valence-corrected chi connectivity index (χ2v) is 5.91. The van der Waals surface area contributed by atoms with Gasteiger partial charge in [0.15, 0.2) is 0 Å². The van der Waals surface area contributed by atoms with E-state index in [2.05, 4.69) is 38.6 Å². The number of thioether (sulfide) groups is 1. The molecule has 1 atom stereocenters. The van der Waals surface area contributed by atoms with Crippen molar-refractivity contribution in [3.8, 4) is 0 Å². The van der Waals surface area contributed by atoms with Gasteiger partial charge in [0.1, 0.15) is 0 Å². The Morgan fingerprint density at radius 1 is 1.39 bits per heavy atom. The second kappa shape index (κ2) is 6.38. The molecule has 0 saturated carbocycles. The van der Waals surface area contributed by atoms with Gasteiger partial charge in [0.2, 0.25) is 0 Å². The van der Waals surface area contributed by atoms with Gasteiger partial charge in [0.05, 0.1) is 11.7 Å². The van der Waals surface area contributed by atoms with Gasteiger partial charge in [-0.05, 0) is 30.3 Å². The molecule has 0 saturated heterocycles. The molecule has 0 spiro atoms. The van der Waals surface area contributed by atoms with Crippen molar-refractivity contribution in [2.75, 3.05) is 5.75 Å². The fourth-order valence-corrected chi connectivity index (χ4v) is 2.77. The van der Waals surface area contributed by atoms with E-state index in [1.54, 1.807) is 16.4 Å². The first-order valence-electron chi connectivity index (χ1n) is 5.53. The summed E-state index contributed by atoms with van der Waals surface area (Å²) in [5, 5.41) is 4.36. The molecule has 2 rings (SSSR count). The molecule has 0 radical (unpaired) electrons. The number of nitrogens with zero attached hydrogens (tertiary/aromatic N) is 2. The molecule has 4 nitrogen and oxygen atoms in total. The van der Waals surface area contributed by atoms with Gasteiger partial charge in [-0.1, -0.05) is 15.9 Å². The molecule has 1 aromatic heterocycles. The van der Waals surface area contributed by atoms with E-state index in [-0.39, 0.29) is 6.04 Å². The van der Waals surface area contributed by atoms with Crippen LogP contribution in [0.1, 0.15) is 11.7 Å². The third kappa shape index (κ3) is 3.58. The molecule has 0 amide bonds. The molecule has 1 aromatic carbocycles. The summed E-state index contributed by atoms with van der Waals surface area (Å²) in [7, 11) is 1.90. The van der Waals surface area contributed by atoms with Gasteiger partial charge in [0, 0.05) is 28.4 Å². The highest BCUT2D eigenvalue weighted by Gasteiger charge is 2.12. The Morgan fingerprint density at radius 3 is 2.67 bits per heavy atom. The molecule has 0 aliphatic rings. The number of nitrogens with two attached hydrogens (primary N) is 1.